The summed E-state index contributed by atoms with van der Waals surface area (Å²) in [4.78, 5) is 38.8. The molecule has 1 unspecified atom stereocenters. The highest BCUT2D eigenvalue weighted by Gasteiger charge is 2.68. The monoisotopic (exact) mass is 464 g/mol. The lowest BCUT2D eigenvalue weighted by molar-refractivity contribution is -0.119. The summed E-state index contributed by atoms with van der Waals surface area (Å²) in [6, 6.07) is 10.3. The van der Waals surface area contributed by atoms with Gasteiger partial charge in [-0.1, -0.05) is 6.07 Å². The summed E-state index contributed by atoms with van der Waals surface area (Å²) in [7, 11) is 1.51. The molecule has 10 heteroatoms. The van der Waals surface area contributed by atoms with Crippen molar-refractivity contribution in [3.05, 3.63) is 47.5 Å². The standard InChI is InChI=1S/C24H24N4O6/c1-23(2,3)34-22(32)28-18-9-12(5-7-14(18)19(25)26-28)16-11-24(16)15-10-13(33-4)6-8-17(15)27(20(24)29)21(30)31/h5-10,16H,11H2,1-4H3,(H2,25,26)(H,30,31)/t16-,24?/m0/s1. The molecule has 2 aliphatic rings. The lowest BCUT2D eigenvalue weighted by Gasteiger charge is -2.19. The van der Waals surface area contributed by atoms with Gasteiger partial charge in [0, 0.05) is 11.3 Å². The van der Waals surface area contributed by atoms with Crippen LogP contribution in [0.15, 0.2) is 36.4 Å². The van der Waals surface area contributed by atoms with E-state index < -0.39 is 29.1 Å². The fourth-order valence-electron chi connectivity index (χ4n) is 4.82. The zero-order valence-corrected chi connectivity index (χ0v) is 19.2. The molecule has 5 rings (SSSR count). The molecular weight excluding hydrogens is 440 g/mol. The van der Waals surface area contributed by atoms with Crippen LogP contribution >= 0.6 is 0 Å². The Morgan fingerprint density at radius 3 is 2.59 bits per heavy atom. The van der Waals surface area contributed by atoms with Crippen LogP contribution in [0.2, 0.25) is 0 Å². The minimum atomic E-state index is -1.33. The van der Waals surface area contributed by atoms with Gasteiger partial charge in [-0.05, 0) is 68.7 Å². The number of rotatable bonds is 2. The van der Waals surface area contributed by atoms with Crippen molar-refractivity contribution < 1.29 is 29.0 Å². The van der Waals surface area contributed by atoms with E-state index in [1.807, 2.05) is 6.07 Å². The molecule has 1 aromatic heterocycles. The van der Waals surface area contributed by atoms with E-state index in [-0.39, 0.29) is 11.7 Å². The van der Waals surface area contributed by atoms with E-state index in [2.05, 4.69) is 5.10 Å². The minimum Gasteiger partial charge on any atom is -0.497 e. The number of aromatic nitrogens is 2. The molecule has 34 heavy (non-hydrogen) atoms. The smallest absolute Gasteiger partial charge is 0.435 e. The van der Waals surface area contributed by atoms with Crippen LogP contribution in [-0.4, -0.2) is 45.7 Å². The lowest BCUT2D eigenvalue weighted by Crippen LogP contribution is -2.36. The van der Waals surface area contributed by atoms with E-state index in [0.717, 1.165) is 15.1 Å². The summed E-state index contributed by atoms with van der Waals surface area (Å²) in [5.41, 5.74) is 6.47. The van der Waals surface area contributed by atoms with Crippen molar-refractivity contribution >= 4 is 40.5 Å². The maximum atomic E-state index is 13.4. The number of imide groups is 1. The number of methoxy groups -OCH3 is 1. The number of benzene rings is 2. The zero-order chi connectivity index (χ0) is 24.6. The third kappa shape index (κ3) is 3.01. The van der Waals surface area contributed by atoms with Crippen molar-refractivity contribution in [2.75, 3.05) is 17.7 Å². The Morgan fingerprint density at radius 1 is 1.21 bits per heavy atom. The molecule has 0 bridgehead atoms. The quantitative estimate of drug-likeness (QED) is 0.583. The number of nitrogens with zero attached hydrogens (tertiary/aromatic N) is 3. The van der Waals surface area contributed by atoms with Gasteiger partial charge in [0.25, 0.3) is 0 Å². The molecule has 2 atom stereocenters. The number of nitrogen functional groups attached to an aromatic ring is 1. The number of carboxylic acid groups (broad SMARTS) is 1. The van der Waals surface area contributed by atoms with Crippen LogP contribution in [0.1, 0.15) is 44.2 Å². The fraction of sp³-hybridized carbons (Fsp3) is 0.333. The first kappa shape index (κ1) is 21.7. The first-order valence-electron chi connectivity index (χ1n) is 10.8. The summed E-state index contributed by atoms with van der Waals surface area (Å²) in [6.07, 6.45) is -1.57. The van der Waals surface area contributed by atoms with Crippen LogP contribution in [-0.2, 0) is 14.9 Å². The third-order valence-electron chi connectivity index (χ3n) is 6.36. The van der Waals surface area contributed by atoms with E-state index >= 15 is 0 Å². The first-order chi connectivity index (χ1) is 16.0. The molecule has 1 spiro atoms. The van der Waals surface area contributed by atoms with E-state index in [0.29, 0.717) is 34.3 Å². The number of carbonyl (C=O) groups excluding carboxylic acids is 2. The summed E-state index contributed by atoms with van der Waals surface area (Å²) in [6.45, 7) is 5.26. The van der Waals surface area contributed by atoms with Gasteiger partial charge >= 0.3 is 12.2 Å². The molecule has 1 aliphatic carbocycles. The molecule has 0 radical (unpaired) electrons. The SMILES string of the molecule is COc1ccc2c(c1)C1(C[C@H]1c1ccc3c(N)nn(C(=O)OC(C)(C)C)c3c1)C(=O)N2C(=O)O. The molecule has 1 saturated carbocycles. The van der Waals surface area contributed by atoms with Crippen LogP contribution < -0.4 is 15.4 Å². The predicted octanol–water partition coefficient (Wildman–Crippen LogP) is 3.86. The number of hydrogen-bond donors (Lipinski definition) is 2. The Kier molecular flexibility index (Phi) is 4.45. The number of nitrogens with two attached hydrogens (primary N) is 1. The molecule has 2 heterocycles. The van der Waals surface area contributed by atoms with Gasteiger partial charge in [0.15, 0.2) is 5.82 Å². The van der Waals surface area contributed by atoms with E-state index in [9.17, 15) is 19.5 Å². The second-order valence-electron chi connectivity index (χ2n) is 9.59. The third-order valence-corrected chi connectivity index (χ3v) is 6.36. The number of hydrogen-bond acceptors (Lipinski definition) is 7. The Labute approximate surface area is 194 Å². The van der Waals surface area contributed by atoms with Gasteiger partial charge in [0.1, 0.15) is 11.4 Å². The summed E-state index contributed by atoms with van der Waals surface area (Å²) in [5.74, 6) is -0.0617. The van der Waals surface area contributed by atoms with Gasteiger partial charge in [-0.3, -0.25) is 4.79 Å². The van der Waals surface area contributed by atoms with Crippen LogP contribution in [0.25, 0.3) is 10.9 Å². The average molecular weight is 464 g/mol. The molecular formula is C24H24N4O6. The average Bonchev–Trinajstić information content (AvgIpc) is 3.36. The number of carbonyl (C=O) groups is 3. The molecule has 1 fully saturated rings. The number of fused-ring (bicyclic) bond motifs is 3. The lowest BCUT2D eigenvalue weighted by atomic mass is 9.91. The van der Waals surface area contributed by atoms with Crippen LogP contribution in [0.4, 0.5) is 21.1 Å². The van der Waals surface area contributed by atoms with Gasteiger partial charge in [-0.15, -0.1) is 5.10 Å². The maximum Gasteiger partial charge on any atom is 0.435 e. The van der Waals surface area contributed by atoms with Crippen LogP contribution in [0, 0.1) is 0 Å². The van der Waals surface area contributed by atoms with Gasteiger partial charge in [-0.2, -0.15) is 4.68 Å². The number of anilines is 2. The van der Waals surface area contributed by atoms with Crippen molar-refractivity contribution in [2.45, 2.75) is 44.1 Å². The minimum absolute atomic E-state index is 0.182. The Bertz CT molecular complexity index is 1390. The van der Waals surface area contributed by atoms with E-state index in [1.165, 1.54) is 7.11 Å². The Hall–Kier alpha value is -4.08. The van der Waals surface area contributed by atoms with Crippen LogP contribution in [0.5, 0.6) is 5.75 Å². The zero-order valence-electron chi connectivity index (χ0n) is 19.2. The highest BCUT2D eigenvalue weighted by molar-refractivity contribution is 6.22. The van der Waals surface area contributed by atoms with Gasteiger partial charge in [0.2, 0.25) is 5.91 Å². The predicted molar refractivity (Wildman–Crippen MR) is 123 cm³/mol. The molecule has 2 amide bonds. The molecule has 3 N–H and O–H groups in total. The van der Waals surface area contributed by atoms with Crippen molar-refractivity contribution in [2.24, 2.45) is 0 Å². The highest BCUT2D eigenvalue weighted by atomic mass is 16.6. The van der Waals surface area contributed by atoms with E-state index in [1.54, 1.807) is 51.1 Å². The maximum absolute atomic E-state index is 13.4. The normalized spacial score (nSPS) is 21.1. The topological polar surface area (TPSA) is 137 Å². The van der Waals surface area contributed by atoms with Crippen molar-refractivity contribution in [1.82, 2.24) is 9.78 Å². The Morgan fingerprint density at radius 2 is 1.94 bits per heavy atom. The summed E-state index contributed by atoms with van der Waals surface area (Å²) < 4.78 is 11.9. The number of amides is 2. The molecule has 3 aromatic rings. The molecule has 10 nitrogen and oxygen atoms in total. The van der Waals surface area contributed by atoms with Gasteiger partial charge < -0.3 is 20.3 Å². The van der Waals surface area contributed by atoms with Crippen LogP contribution in [0.3, 0.4) is 0 Å². The number of ether oxygens (including phenoxy) is 2. The van der Waals surface area contributed by atoms with Crippen molar-refractivity contribution in [3.8, 4) is 5.75 Å². The highest BCUT2D eigenvalue weighted by Crippen LogP contribution is 2.66. The first-order valence-corrected chi connectivity index (χ1v) is 10.8. The second-order valence-corrected chi connectivity index (χ2v) is 9.59. The fourth-order valence-corrected chi connectivity index (χ4v) is 4.82. The van der Waals surface area contributed by atoms with Crippen molar-refractivity contribution in [1.29, 1.82) is 0 Å². The molecule has 176 valence electrons. The second kappa shape index (κ2) is 6.96. The van der Waals surface area contributed by atoms with Crippen molar-refractivity contribution in [3.63, 3.8) is 0 Å². The Balaban J connectivity index is 1.59. The summed E-state index contributed by atoms with van der Waals surface area (Å²) >= 11 is 0. The molecule has 0 saturated heterocycles. The summed E-state index contributed by atoms with van der Waals surface area (Å²) in [5, 5.41) is 14.4. The van der Waals surface area contributed by atoms with Gasteiger partial charge in [0.05, 0.1) is 23.7 Å². The largest absolute Gasteiger partial charge is 0.497 e. The molecule has 1 aliphatic heterocycles. The van der Waals surface area contributed by atoms with E-state index in [4.69, 9.17) is 15.2 Å². The molecule has 2 aromatic carbocycles. The van der Waals surface area contributed by atoms with Gasteiger partial charge in [-0.25, -0.2) is 14.5 Å².